The van der Waals surface area contributed by atoms with Crippen molar-refractivity contribution < 1.29 is 4.79 Å². The molecule has 1 amide bonds. The summed E-state index contributed by atoms with van der Waals surface area (Å²) in [6, 6.07) is 11.8. The van der Waals surface area contributed by atoms with E-state index in [9.17, 15) is 4.79 Å². The molecule has 0 saturated carbocycles. The predicted molar refractivity (Wildman–Crippen MR) is 98.7 cm³/mol. The molecule has 0 saturated heterocycles. The first kappa shape index (κ1) is 16.2. The summed E-state index contributed by atoms with van der Waals surface area (Å²) in [5, 5.41) is 0. The number of amides is 1. The standard InChI is InChI=1S/C20H23N3O/c1-6-19-21-17-12-15(8-10-18(17)23(19)5)20(24)22(4)16-9-7-13(2)14(3)11-16/h7-12H,6H2,1-5H3. The summed E-state index contributed by atoms with van der Waals surface area (Å²) in [4.78, 5) is 19.2. The van der Waals surface area contributed by atoms with E-state index >= 15 is 0 Å². The van der Waals surface area contributed by atoms with Crippen LogP contribution < -0.4 is 4.90 Å². The molecule has 4 nitrogen and oxygen atoms in total. The van der Waals surface area contributed by atoms with Crippen LogP contribution in [-0.2, 0) is 13.5 Å². The maximum Gasteiger partial charge on any atom is 0.258 e. The van der Waals surface area contributed by atoms with Gasteiger partial charge in [-0.2, -0.15) is 0 Å². The molecule has 0 aliphatic rings. The summed E-state index contributed by atoms with van der Waals surface area (Å²) in [5.74, 6) is 1.00. The van der Waals surface area contributed by atoms with Crippen molar-refractivity contribution in [2.45, 2.75) is 27.2 Å². The second-order valence-electron chi connectivity index (χ2n) is 6.28. The van der Waals surface area contributed by atoms with Gasteiger partial charge in [0.15, 0.2) is 0 Å². The fourth-order valence-electron chi connectivity index (χ4n) is 2.94. The molecule has 0 unspecified atom stereocenters. The Morgan fingerprint density at radius 3 is 2.54 bits per heavy atom. The van der Waals surface area contributed by atoms with Crippen LogP contribution in [0.25, 0.3) is 11.0 Å². The Hall–Kier alpha value is -2.62. The van der Waals surface area contributed by atoms with Crippen LogP contribution in [0.5, 0.6) is 0 Å². The first-order chi connectivity index (χ1) is 11.4. The molecule has 0 bridgehead atoms. The number of rotatable bonds is 3. The number of fused-ring (bicyclic) bond motifs is 1. The third-order valence-electron chi connectivity index (χ3n) is 4.72. The minimum Gasteiger partial charge on any atom is -0.331 e. The van der Waals surface area contributed by atoms with Crippen LogP contribution in [0.15, 0.2) is 36.4 Å². The van der Waals surface area contributed by atoms with E-state index in [1.54, 1.807) is 4.90 Å². The smallest absolute Gasteiger partial charge is 0.258 e. The van der Waals surface area contributed by atoms with Crippen molar-refractivity contribution in [1.29, 1.82) is 0 Å². The van der Waals surface area contributed by atoms with Crippen molar-refractivity contribution >= 4 is 22.6 Å². The highest BCUT2D eigenvalue weighted by molar-refractivity contribution is 6.07. The highest BCUT2D eigenvalue weighted by Crippen LogP contribution is 2.22. The molecule has 124 valence electrons. The zero-order valence-electron chi connectivity index (χ0n) is 14.9. The van der Waals surface area contributed by atoms with Crippen LogP contribution in [0.2, 0.25) is 0 Å². The van der Waals surface area contributed by atoms with Gasteiger partial charge in [0.25, 0.3) is 5.91 Å². The summed E-state index contributed by atoms with van der Waals surface area (Å²) in [5.41, 5.74) is 5.88. The third-order valence-corrected chi connectivity index (χ3v) is 4.72. The molecule has 24 heavy (non-hydrogen) atoms. The summed E-state index contributed by atoms with van der Waals surface area (Å²) >= 11 is 0. The Kier molecular flexibility index (Phi) is 4.14. The van der Waals surface area contributed by atoms with Crippen molar-refractivity contribution in [1.82, 2.24) is 9.55 Å². The normalized spacial score (nSPS) is 11.0. The lowest BCUT2D eigenvalue weighted by Gasteiger charge is -2.18. The SMILES string of the molecule is CCc1nc2cc(C(=O)N(C)c3ccc(C)c(C)c3)ccc2n1C. The fraction of sp³-hybridized carbons (Fsp3) is 0.300. The summed E-state index contributed by atoms with van der Waals surface area (Å²) in [6.07, 6.45) is 0.872. The van der Waals surface area contributed by atoms with Crippen LogP contribution in [-0.4, -0.2) is 22.5 Å². The van der Waals surface area contributed by atoms with E-state index in [0.717, 1.165) is 29.0 Å². The highest BCUT2D eigenvalue weighted by Gasteiger charge is 2.16. The van der Waals surface area contributed by atoms with E-state index in [-0.39, 0.29) is 5.91 Å². The third kappa shape index (κ3) is 2.68. The quantitative estimate of drug-likeness (QED) is 0.730. The molecule has 2 aromatic carbocycles. The van der Waals surface area contributed by atoms with Crippen molar-refractivity contribution in [3.05, 3.63) is 58.9 Å². The molecule has 3 aromatic rings. The van der Waals surface area contributed by atoms with Gasteiger partial charge in [0, 0.05) is 31.8 Å². The zero-order chi connectivity index (χ0) is 17.4. The first-order valence-electron chi connectivity index (χ1n) is 8.23. The van der Waals surface area contributed by atoms with Gasteiger partial charge in [-0.05, 0) is 55.3 Å². The molecule has 0 aliphatic heterocycles. The fourth-order valence-corrected chi connectivity index (χ4v) is 2.94. The maximum absolute atomic E-state index is 12.8. The second kappa shape index (κ2) is 6.11. The van der Waals surface area contributed by atoms with Gasteiger partial charge in [-0.15, -0.1) is 0 Å². The predicted octanol–water partition coefficient (Wildman–Crippen LogP) is 4.03. The molecular formula is C20H23N3O. The van der Waals surface area contributed by atoms with Gasteiger partial charge in [0.2, 0.25) is 0 Å². The average molecular weight is 321 g/mol. The molecule has 0 aliphatic carbocycles. The van der Waals surface area contributed by atoms with E-state index in [1.165, 1.54) is 11.1 Å². The molecule has 0 atom stereocenters. The summed E-state index contributed by atoms with van der Waals surface area (Å²) < 4.78 is 2.08. The van der Waals surface area contributed by atoms with E-state index in [0.29, 0.717) is 5.56 Å². The number of carbonyl (C=O) groups excluding carboxylic acids is 1. The first-order valence-corrected chi connectivity index (χ1v) is 8.23. The minimum absolute atomic E-state index is 0.0242. The highest BCUT2D eigenvalue weighted by atomic mass is 16.2. The summed E-state index contributed by atoms with van der Waals surface area (Å²) in [6.45, 7) is 6.21. The monoisotopic (exact) mass is 321 g/mol. The molecule has 3 rings (SSSR count). The van der Waals surface area contributed by atoms with E-state index < -0.39 is 0 Å². The van der Waals surface area contributed by atoms with Crippen LogP contribution >= 0.6 is 0 Å². The molecule has 4 heteroatoms. The number of anilines is 1. The number of aryl methyl sites for hydroxylation is 4. The van der Waals surface area contributed by atoms with Gasteiger partial charge in [0.05, 0.1) is 11.0 Å². The Bertz CT molecular complexity index is 924. The van der Waals surface area contributed by atoms with Crippen molar-refractivity contribution in [3.8, 4) is 0 Å². The van der Waals surface area contributed by atoms with Gasteiger partial charge in [-0.3, -0.25) is 4.79 Å². The number of imidazole rings is 1. The Balaban J connectivity index is 1.96. The van der Waals surface area contributed by atoms with Crippen molar-refractivity contribution in [3.63, 3.8) is 0 Å². The van der Waals surface area contributed by atoms with Gasteiger partial charge in [-0.25, -0.2) is 4.98 Å². The Morgan fingerprint density at radius 1 is 1.12 bits per heavy atom. The van der Waals surface area contributed by atoms with Crippen LogP contribution in [0.1, 0.15) is 34.2 Å². The Morgan fingerprint density at radius 2 is 1.88 bits per heavy atom. The molecular weight excluding hydrogens is 298 g/mol. The lowest BCUT2D eigenvalue weighted by atomic mass is 10.1. The minimum atomic E-state index is -0.0242. The molecule has 0 N–H and O–H groups in total. The number of hydrogen-bond donors (Lipinski definition) is 0. The molecule has 0 fully saturated rings. The topological polar surface area (TPSA) is 38.1 Å². The molecule has 0 spiro atoms. The van der Waals surface area contributed by atoms with E-state index in [2.05, 4.69) is 30.3 Å². The van der Waals surface area contributed by atoms with Gasteiger partial charge >= 0.3 is 0 Å². The second-order valence-corrected chi connectivity index (χ2v) is 6.28. The maximum atomic E-state index is 12.8. The van der Waals surface area contributed by atoms with Crippen molar-refractivity contribution in [2.75, 3.05) is 11.9 Å². The van der Waals surface area contributed by atoms with Crippen LogP contribution in [0.3, 0.4) is 0 Å². The lowest BCUT2D eigenvalue weighted by Crippen LogP contribution is -2.26. The molecule has 0 radical (unpaired) electrons. The largest absolute Gasteiger partial charge is 0.331 e. The number of carbonyl (C=O) groups is 1. The number of aromatic nitrogens is 2. The lowest BCUT2D eigenvalue weighted by molar-refractivity contribution is 0.0993. The van der Waals surface area contributed by atoms with Gasteiger partial charge in [-0.1, -0.05) is 13.0 Å². The Labute approximate surface area is 142 Å². The van der Waals surface area contributed by atoms with Crippen LogP contribution in [0, 0.1) is 13.8 Å². The number of benzene rings is 2. The van der Waals surface area contributed by atoms with Crippen molar-refractivity contribution in [2.24, 2.45) is 7.05 Å². The summed E-state index contributed by atoms with van der Waals surface area (Å²) in [7, 11) is 3.82. The van der Waals surface area contributed by atoms with Gasteiger partial charge in [0.1, 0.15) is 5.82 Å². The number of hydrogen-bond acceptors (Lipinski definition) is 2. The van der Waals surface area contributed by atoms with E-state index in [4.69, 9.17) is 0 Å². The van der Waals surface area contributed by atoms with Gasteiger partial charge < -0.3 is 9.47 Å². The van der Waals surface area contributed by atoms with Crippen LogP contribution in [0.4, 0.5) is 5.69 Å². The zero-order valence-corrected chi connectivity index (χ0v) is 14.9. The van der Waals surface area contributed by atoms with E-state index in [1.807, 2.05) is 50.5 Å². The number of nitrogens with zero attached hydrogens (tertiary/aromatic N) is 3. The molecule has 1 aromatic heterocycles. The average Bonchev–Trinajstić information content (AvgIpc) is 2.91. The molecule has 1 heterocycles.